The van der Waals surface area contributed by atoms with Crippen LogP contribution in [0.4, 0.5) is 8.78 Å². The number of ether oxygens (including phenoxy) is 1. The molecule has 1 aromatic heterocycles. The molecule has 2 aliphatic rings. The Balaban J connectivity index is 1.26. The summed E-state index contributed by atoms with van der Waals surface area (Å²) in [6, 6.07) is 7.53. The van der Waals surface area contributed by atoms with Gasteiger partial charge in [0.25, 0.3) is 0 Å². The molecule has 1 aliphatic carbocycles. The van der Waals surface area contributed by atoms with Gasteiger partial charge >= 0.3 is 0 Å². The van der Waals surface area contributed by atoms with Gasteiger partial charge in [-0.1, -0.05) is 0 Å². The number of aromatic nitrogens is 1. The Morgan fingerprint density at radius 3 is 2.90 bits per heavy atom. The van der Waals surface area contributed by atoms with E-state index in [1.54, 1.807) is 6.07 Å². The number of rotatable bonds is 4. The normalized spacial score (nSPS) is 20.5. The lowest BCUT2D eigenvalue weighted by atomic mass is 9.86. The van der Waals surface area contributed by atoms with Crippen molar-refractivity contribution in [2.45, 2.75) is 31.7 Å². The van der Waals surface area contributed by atoms with Crippen LogP contribution in [0.1, 0.15) is 33.6 Å². The van der Waals surface area contributed by atoms with Crippen LogP contribution in [-0.2, 0) is 19.3 Å². The number of carbonyl (C=O) groups is 1. The summed E-state index contributed by atoms with van der Waals surface area (Å²) < 4.78 is 33.2. The zero-order chi connectivity index (χ0) is 20.8. The second-order valence-electron chi connectivity index (χ2n) is 8.27. The molecular formula is C23H23F2N3O2. The highest BCUT2D eigenvalue weighted by Crippen LogP contribution is 2.33. The summed E-state index contributed by atoms with van der Waals surface area (Å²) in [6.45, 7) is 1.13. The van der Waals surface area contributed by atoms with Gasteiger partial charge in [-0.3, -0.25) is 4.79 Å². The molecule has 0 saturated heterocycles. The predicted molar refractivity (Wildman–Crippen MR) is 110 cm³/mol. The quantitative estimate of drug-likeness (QED) is 0.617. The Morgan fingerprint density at radius 1 is 1.20 bits per heavy atom. The van der Waals surface area contributed by atoms with Crippen molar-refractivity contribution in [3.05, 3.63) is 64.4 Å². The predicted octanol–water partition coefficient (Wildman–Crippen LogP) is 3.24. The topological polar surface area (TPSA) is 80.1 Å². The number of fused-ring (bicyclic) bond motifs is 4. The molecule has 2 aromatic carbocycles. The second-order valence-corrected chi connectivity index (χ2v) is 8.27. The molecule has 2 heterocycles. The lowest BCUT2D eigenvalue weighted by molar-refractivity contribution is 0.0997. The highest BCUT2D eigenvalue weighted by Gasteiger charge is 2.28. The Bertz CT molecular complexity index is 1140. The van der Waals surface area contributed by atoms with E-state index in [4.69, 9.17) is 10.5 Å². The molecule has 0 radical (unpaired) electrons. The minimum Gasteiger partial charge on any atom is -0.489 e. The van der Waals surface area contributed by atoms with E-state index >= 15 is 0 Å². The summed E-state index contributed by atoms with van der Waals surface area (Å²) in [5.41, 5.74) is 9.61. The number of hydrogen-bond acceptors (Lipinski definition) is 3. The highest BCUT2D eigenvalue weighted by molar-refractivity contribution is 5.95. The first kappa shape index (κ1) is 19.1. The Kier molecular flexibility index (Phi) is 4.70. The number of hydrogen-bond donors (Lipinski definition) is 3. The van der Waals surface area contributed by atoms with E-state index in [2.05, 4.69) is 10.3 Å². The molecule has 0 saturated carbocycles. The summed E-state index contributed by atoms with van der Waals surface area (Å²) >= 11 is 0. The average Bonchev–Trinajstić information content (AvgIpc) is 3.08. The number of H-pyrrole nitrogens is 1. The third kappa shape index (κ3) is 3.33. The molecule has 7 heteroatoms. The van der Waals surface area contributed by atoms with Gasteiger partial charge in [-0.15, -0.1) is 0 Å². The van der Waals surface area contributed by atoms with Crippen LogP contribution in [0.3, 0.4) is 0 Å². The summed E-state index contributed by atoms with van der Waals surface area (Å²) in [6.07, 6.45) is 3.38. The van der Waals surface area contributed by atoms with Crippen LogP contribution in [0, 0.1) is 17.6 Å². The molecular weight excluding hydrogens is 388 g/mol. The molecule has 3 aromatic rings. The number of nitrogens with two attached hydrogens (primary N) is 1. The van der Waals surface area contributed by atoms with Crippen molar-refractivity contribution in [1.29, 1.82) is 0 Å². The molecule has 156 valence electrons. The molecule has 5 rings (SSSR count). The number of carbonyl (C=O) groups excluding carboxylic acids is 1. The van der Waals surface area contributed by atoms with Gasteiger partial charge in [-0.05, 0) is 74.0 Å². The SMILES string of the molecule is NC(=O)c1ccc(F)c2c1C[C@@H](NCC1CCc3c([nH]c4cc(F)ccc34)C1)CO2. The van der Waals surface area contributed by atoms with E-state index in [1.165, 1.54) is 29.5 Å². The van der Waals surface area contributed by atoms with Crippen molar-refractivity contribution in [3.63, 3.8) is 0 Å². The lowest BCUT2D eigenvalue weighted by Crippen LogP contribution is -2.43. The van der Waals surface area contributed by atoms with Crippen molar-refractivity contribution in [1.82, 2.24) is 10.3 Å². The number of aryl methyl sites for hydroxylation is 1. The summed E-state index contributed by atoms with van der Waals surface area (Å²) in [5.74, 6) is -0.713. The van der Waals surface area contributed by atoms with Gasteiger partial charge in [0, 0.05) is 33.8 Å². The van der Waals surface area contributed by atoms with Gasteiger partial charge in [-0.2, -0.15) is 0 Å². The monoisotopic (exact) mass is 411 g/mol. The van der Waals surface area contributed by atoms with Gasteiger partial charge < -0.3 is 20.8 Å². The molecule has 5 nitrogen and oxygen atoms in total. The van der Waals surface area contributed by atoms with Crippen LogP contribution >= 0.6 is 0 Å². The van der Waals surface area contributed by atoms with Crippen molar-refractivity contribution in [3.8, 4) is 5.75 Å². The second kappa shape index (κ2) is 7.40. The van der Waals surface area contributed by atoms with Crippen LogP contribution < -0.4 is 15.8 Å². The molecule has 1 unspecified atom stereocenters. The van der Waals surface area contributed by atoms with Crippen molar-refractivity contribution in [2.24, 2.45) is 11.7 Å². The van der Waals surface area contributed by atoms with Gasteiger partial charge in [0.05, 0.1) is 0 Å². The molecule has 2 atom stereocenters. The number of nitrogens with one attached hydrogen (secondary N) is 2. The number of primary amides is 1. The van der Waals surface area contributed by atoms with Crippen LogP contribution in [0.2, 0.25) is 0 Å². The van der Waals surface area contributed by atoms with Crippen LogP contribution in [0.15, 0.2) is 30.3 Å². The van der Waals surface area contributed by atoms with Crippen LogP contribution in [0.25, 0.3) is 10.9 Å². The maximum absolute atomic E-state index is 14.0. The van der Waals surface area contributed by atoms with E-state index in [9.17, 15) is 13.6 Å². The molecule has 30 heavy (non-hydrogen) atoms. The largest absolute Gasteiger partial charge is 0.489 e. The van der Waals surface area contributed by atoms with Crippen LogP contribution in [0.5, 0.6) is 5.75 Å². The molecule has 0 bridgehead atoms. The van der Waals surface area contributed by atoms with E-state index in [0.29, 0.717) is 30.1 Å². The molecule has 0 spiro atoms. The molecule has 4 N–H and O–H groups in total. The van der Waals surface area contributed by atoms with E-state index in [1.807, 2.05) is 6.07 Å². The number of amides is 1. The maximum Gasteiger partial charge on any atom is 0.249 e. The van der Waals surface area contributed by atoms with Crippen molar-refractivity contribution in [2.75, 3.05) is 13.2 Å². The number of aromatic amines is 1. The molecule has 1 amide bonds. The fraction of sp³-hybridized carbons (Fsp3) is 0.348. The van der Waals surface area contributed by atoms with E-state index in [-0.39, 0.29) is 17.6 Å². The summed E-state index contributed by atoms with van der Waals surface area (Å²) in [4.78, 5) is 15.1. The zero-order valence-corrected chi connectivity index (χ0v) is 16.4. The molecule has 1 aliphatic heterocycles. The van der Waals surface area contributed by atoms with E-state index in [0.717, 1.165) is 36.7 Å². The minimum atomic E-state index is -0.578. The Labute approximate surface area is 172 Å². The zero-order valence-electron chi connectivity index (χ0n) is 16.4. The van der Waals surface area contributed by atoms with Gasteiger partial charge in [0.2, 0.25) is 5.91 Å². The number of halogens is 2. The fourth-order valence-corrected chi connectivity index (χ4v) is 4.80. The standard InChI is InChI=1S/C23H23F2N3O2/c24-13-2-4-16-15-3-1-12(7-20(15)28-21(16)8-13)10-27-14-9-18-17(23(26)29)5-6-19(25)22(18)30-11-14/h2,4-6,8,12,14,27-28H,1,3,7,9-11H2,(H2,26,29)/t12?,14-/m1/s1. The highest BCUT2D eigenvalue weighted by atomic mass is 19.1. The minimum absolute atomic E-state index is 0.0180. The third-order valence-corrected chi connectivity index (χ3v) is 6.30. The van der Waals surface area contributed by atoms with E-state index < -0.39 is 11.7 Å². The number of benzene rings is 2. The Hall–Kier alpha value is -2.93. The maximum atomic E-state index is 14.0. The summed E-state index contributed by atoms with van der Waals surface area (Å²) in [7, 11) is 0. The first-order chi connectivity index (χ1) is 14.5. The first-order valence-electron chi connectivity index (χ1n) is 10.3. The fourth-order valence-electron chi connectivity index (χ4n) is 4.80. The third-order valence-electron chi connectivity index (χ3n) is 6.30. The van der Waals surface area contributed by atoms with Gasteiger partial charge in [-0.25, -0.2) is 8.78 Å². The van der Waals surface area contributed by atoms with Gasteiger partial charge in [0.15, 0.2) is 11.6 Å². The Morgan fingerprint density at radius 2 is 2.07 bits per heavy atom. The summed E-state index contributed by atoms with van der Waals surface area (Å²) in [5, 5.41) is 4.63. The first-order valence-corrected chi connectivity index (χ1v) is 10.3. The average molecular weight is 411 g/mol. The van der Waals surface area contributed by atoms with Crippen LogP contribution in [-0.4, -0.2) is 30.1 Å². The van der Waals surface area contributed by atoms with Crippen molar-refractivity contribution >= 4 is 16.8 Å². The van der Waals surface area contributed by atoms with Crippen molar-refractivity contribution < 1.29 is 18.3 Å². The molecule has 0 fully saturated rings. The lowest BCUT2D eigenvalue weighted by Gasteiger charge is -2.30. The van der Waals surface area contributed by atoms with Gasteiger partial charge in [0.1, 0.15) is 12.4 Å². The smallest absolute Gasteiger partial charge is 0.249 e.